The molecule has 2 aromatic rings. The largest absolute Gasteiger partial charge is 1.00 e. The zero-order valence-corrected chi connectivity index (χ0v) is 22.5. The van der Waals surface area contributed by atoms with E-state index in [0.717, 1.165) is 15.5 Å². The normalized spacial score (nSPS) is 20.0. The first kappa shape index (κ1) is 25.9. The van der Waals surface area contributed by atoms with Crippen molar-refractivity contribution in [2.45, 2.75) is 15.6 Å². The van der Waals surface area contributed by atoms with Crippen LogP contribution >= 0.6 is 46.4 Å². The van der Waals surface area contributed by atoms with Gasteiger partial charge >= 0.3 is 35.5 Å². The number of nitrogens with zero attached hydrogens (tertiary/aromatic N) is 5. The van der Waals surface area contributed by atoms with Gasteiger partial charge in [0.1, 0.15) is 34.1 Å². The van der Waals surface area contributed by atoms with Gasteiger partial charge in [-0.05, 0) is 17.1 Å². The van der Waals surface area contributed by atoms with E-state index in [1.807, 2.05) is 0 Å². The summed E-state index contributed by atoms with van der Waals surface area (Å²) in [6.07, 6.45) is 1.60. The first-order valence-electron chi connectivity index (χ1n) is 8.84. The van der Waals surface area contributed by atoms with Gasteiger partial charge in [0, 0.05) is 16.9 Å². The third kappa shape index (κ3) is 5.36. The van der Waals surface area contributed by atoms with E-state index in [-0.39, 0.29) is 53.2 Å². The molecule has 2 atom stereocenters. The number of β-lactam (4-membered cyclic amide) rings is 1. The van der Waals surface area contributed by atoms with Gasteiger partial charge in [-0.15, -0.1) is 40.0 Å². The number of thiazole rings is 1. The molecular weight excluding hydrogens is 521 g/mol. The van der Waals surface area contributed by atoms with Gasteiger partial charge in [-0.2, -0.15) is 0 Å². The number of nitrogens with two attached hydrogens (primary N) is 1. The van der Waals surface area contributed by atoms with Crippen molar-refractivity contribution in [3.05, 3.63) is 28.5 Å². The van der Waals surface area contributed by atoms with Crippen LogP contribution in [-0.2, 0) is 19.2 Å². The molecule has 170 valence electrons. The van der Waals surface area contributed by atoms with Crippen LogP contribution in [0.1, 0.15) is 7.12 Å². The summed E-state index contributed by atoms with van der Waals surface area (Å²) in [6.45, 7) is 0. The van der Waals surface area contributed by atoms with E-state index in [1.165, 1.54) is 47.1 Å². The number of carbonyl (C=O) groups excluding carboxylic acids is 2. The SMILES string of the molecule is CON=C(C(=O)N[C@@H]1C(=O)N2C(C(=O)O)=C(CSc3cnns3)CS[C@H]12)c1csc(N)n1.[H-].[Na+]. The second-order valence-electron chi connectivity index (χ2n) is 6.34. The number of fused-ring (bicyclic) bond motifs is 1. The summed E-state index contributed by atoms with van der Waals surface area (Å²) in [5, 5.41) is 21.1. The third-order valence-corrected chi connectivity index (χ3v) is 8.36. The van der Waals surface area contributed by atoms with Crippen LogP contribution in [-0.4, -0.2) is 78.1 Å². The van der Waals surface area contributed by atoms with Gasteiger partial charge in [0.05, 0.1) is 6.20 Å². The zero-order chi connectivity index (χ0) is 22.8. The summed E-state index contributed by atoms with van der Waals surface area (Å²) in [5.74, 6) is -1.57. The molecule has 0 aromatic carbocycles. The number of nitrogens with one attached hydrogen (secondary N) is 1. The van der Waals surface area contributed by atoms with E-state index >= 15 is 0 Å². The van der Waals surface area contributed by atoms with Crippen molar-refractivity contribution in [2.75, 3.05) is 24.3 Å². The van der Waals surface area contributed by atoms with E-state index < -0.39 is 29.2 Å². The fraction of sp³-hybridized carbons (Fsp3) is 0.312. The van der Waals surface area contributed by atoms with Crippen molar-refractivity contribution in [1.29, 1.82) is 0 Å². The molecule has 4 rings (SSSR count). The molecule has 12 nitrogen and oxygen atoms in total. The quantitative estimate of drug-likeness (QED) is 0.107. The molecule has 0 saturated carbocycles. The average molecular weight is 538 g/mol. The summed E-state index contributed by atoms with van der Waals surface area (Å²) in [4.78, 5) is 47.5. The minimum atomic E-state index is -1.19. The molecule has 2 amide bonds. The van der Waals surface area contributed by atoms with Gasteiger partial charge in [0.2, 0.25) is 0 Å². The topological polar surface area (TPSA) is 173 Å². The summed E-state index contributed by atoms with van der Waals surface area (Å²) in [5.41, 5.74) is 6.28. The summed E-state index contributed by atoms with van der Waals surface area (Å²) >= 11 is 5.14. The van der Waals surface area contributed by atoms with Crippen LogP contribution in [0.15, 0.2) is 32.2 Å². The number of oxime groups is 1. The molecule has 1 fully saturated rings. The van der Waals surface area contributed by atoms with Gasteiger partial charge in [0.15, 0.2) is 10.8 Å². The molecule has 0 unspecified atom stereocenters. The van der Waals surface area contributed by atoms with Crippen LogP contribution < -0.4 is 40.6 Å². The minimum absolute atomic E-state index is 0. The molecule has 33 heavy (non-hydrogen) atoms. The molecule has 4 N–H and O–H groups in total. The predicted octanol–water partition coefficient (Wildman–Crippen LogP) is -2.43. The van der Waals surface area contributed by atoms with Gasteiger partial charge < -0.3 is 22.4 Å². The second kappa shape index (κ2) is 11.2. The van der Waals surface area contributed by atoms with E-state index in [0.29, 0.717) is 17.1 Å². The van der Waals surface area contributed by atoms with E-state index in [9.17, 15) is 19.5 Å². The third-order valence-electron chi connectivity index (χ3n) is 4.43. The Hall–Kier alpha value is -1.69. The predicted molar refractivity (Wildman–Crippen MR) is 122 cm³/mol. The maximum atomic E-state index is 12.8. The minimum Gasteiger partial charge on any atom is -1.00 e. The average Bonchev–Trinajstić information content (AvgIpc) is 3.45. The number of thioether (sulfide) groups is 2. The summed E-state index contributed by atoms with van der Waals surface area (Å²) in [6, 6.07) is -0.903. The Labute approximate surface area is 227 Å². The number of hydrogen-bond donors (Lipinski definition) is 3. The van der Waals surface area contributed by atoms with Crippen molar-refractivity contribution in [3.63, 3.8) is 0 Å². The fourth-order valence-electron chi connectivity index (χ4n) is 3.08. The molecule has 0 bridgehead atoms. The van der Waals surface area contributed by atoms with Crippen LogP contribution in [0, 0.1) is 0 Å². The van der Waals surface area contributed by atoms with E-state index in [4.69, 9.17) is 10.6 Å². The van der Waals surface area contributed by atoms with Crippen molar-refractivity contribution < 1.29 is 55.3 Å². The maximum absolute atomic E-state index is 12.8. The van der Waals surface area contributed by atoms with Gasteiger partial charge in [-0.1, -0.05) is 9.64 Å². The van der Waals surface area contributed by atoms with Gasteiger partial charge in [0.25, 0.3) is 11.8 Å². The van der Waals surface area contributed by atoms with Crippen LogP contribution in [0.5, 0.6) is 0 Å². The Morgan fingerprint density at radius 1 is 1.52 bits per heavy atom. The molecule has 0 spiro atoms. The number of rotatable bonds is 8. The smallest absolute Gasteiger partial charge is 1.00 e. The summed E-state index contributed by atoms with van der Waals surface area (Å²) < 4.78 is 4.63. The molecular formula is C16H16N7NaO5S4. The molecule has 2 aliphatic rings. The van der Waals surface area contributed by atoms with Gasteiger partial charge in [-0.3, -0.25) is 14.5 Å². The number of carboxylic acid groups (broad SMARTS) is 1. The number of anilines is 1. The molecule has 17 heteroatoms. The number of carboxylic acids is 1. The number of hydrogen-bond acceptors (Lipinski definition) is 13. The standard InChI is InChI=1S/C16H15N7O5S4.Na.H/c1-28-21-9(7-5-31-16(17)19-7)12(24)20-10-13(25)23-11(15(26)27)6(4-30-14(10)23)3-29-8-2-18-22-32-8;;/h2,5,10,14H,3-4H2,1H3,(H2,17,19)(H,20,24)(H,26,27);;/q;+1;-1/t10-,14-;;/m1../s1. The summed E-state index contributed by atoms with van der Waals surface area (Å²) in [7, 11) is 1.28. The van der Waals surface area contributed by atoms with Crippen LogP contribution in [0.4, 0.5) is 5.13 Å². The Morgan fingerprint density at radius 3 is 2.91 bits per heavy atom. The van der Waals surface area contributed by atoms with Crippen molar-refractivity contribution in [2.24, 2.45) is 5.16 Å². The zero-order valence-electron chi connectivity index (χ0n) is 18.3. The fourth-order valence-corrected chi connectivity index (χ4v) is 6.53. The van der Waals surface area contributed by atoms with E-state index in [1.54, 1.807) is 11.6 Å². The monoisotopic (exact) mass is 537 g/mol. The molecule has 0 radical (unpaired) electrons. The number of aliphatic carboxylic acids is 1. The Kier molecular flexibility index (Phi) is 8.76. The van der Waals surface area contributed by atoms with Crippen molar-refractivity contribution >= 4 is 75.0 Å². The molecule has 2 aromatic heterocycles. The van der Waals surface area contributed by atoms with Crippen molar-refractivity contribution in [3.8, 4) is 0 Å². The first-order valence-corrected chi connectivity index (χ1v) is 12.5. The number of carbonyl (C=O) groups is 3. The second-order valence-corrected chi connectivity index (χ2v) is 10.4. The number of aromatic nitrogens is 3. The molecule has 2 aliphatic heterocycles. The Bertz CT molecular complexity index is 1130. The Balaban J connectivity index is 0.00000204. The maximum Gasteiger partial charge on any atom is 1.00 e. The Morgan fingerprint density at radius 2 is 2.30 bits per heavy atom. The molecule has 1 saturated heterocycles. The van der Waals surface area contributed by atoms with Gasteiger partial charge in [-0.25, -0.2) is 9.78 Å². The van der Waals surface area contributed by atoms with Crippen molar-refractivity contribution in [1.82, 2.24) is 24.8 Å². The number of amides is 2. The van der Waals surface area contributed by atoms with Crippen LogP contribution in [0.3, 0.4) is 0 Å². The number of nitrogen functional groups attached to an aromatic ring is 1. The van der Waals surface area contributed by atoms with Crippen LogP contribution in [0.25, 0.3) is 0 Å². The molecule has 0 aliphatic carbocycles. The van der Waals surface area contributed by atoms with E-state index in [2.05, 4.69) is 25.0 Å². The van der Waals surface area contributed by atoms with Crippen LogP contribution in [0.2, 0.25) is 0 Å². The first-order chi connectivity index (χ1) is 15.4. The molecule has 4 heterocycles.